The molecule has 4 nitrogen and oxygen atoms in total. The highest BCUT2D eigenvalue weighted by atomic mass is 19.1. The van der Waals surface area contributed by atoms with Gasteiger partial charge in [0.15, 0.2) is 5.78 Å². The number of benzene rings is 1. The molecule has 2 aliphatic carbocycles. The molecule has 0 radical (unpaired) electrons. The van der Waals surface area contributed by atoms with Gasteiger partial charge in [0.2, 0.25) is 5.91 Å². The van der Waals surface area contributed by atoms with Gasteiger partial charge in [-0.25, -0.2) is 4.39 Å². The number of Topliss-reactive ketones (excluding diaryl/α,β-unsaturated/α-hetero) is 1. The van der Waals surface area contributed by atoms with Crippen molar-refractivity contribution in [3.63, 3.8) is 0 Å². The number of amides is 1. The molecule has 2 unspecified atom stereocenters. The molecule has 26 heavy (non-hydrogen) atoms. The van der Waals surface area contributed by atoms with E-state index in [9.17, 15) is 14.0 Å². The van der Waals surface area contributed by atoms with Crippen LogP contribution in [-0.4, -0.2) is 29.7 Å². The molecule has 2 N–H and O–H groups in total. The van der Waals surface area contributed by atoms with Crippen molar-refractivity contribution in [2.45, 2.75) is 39.0 Å². The van der Waals surface area contributed by atoms with Crippen molar-refractivity contribution in [2.75, 3.05) is 13.1 Å². The second kappa shape index (κ2) is 5.66. The monoisotopic (exact) mass is 356 g/mol. The molecule has 138 valence electrons. The van der Waals surface area contributed by atoms with Crippen molar-refractivity contribution >= 4 is 11.7 Å². The fourth-order valence-electron chi connectivity index (χ4n) is 4.92. The van der Waals surface area contributed by atoms with Crippen LogP contribution in [0.25, 0.3) is 0 Å². The molecule has 0 bridgehead atoms. The maximum absolute atomic E-state index is 13.1. The first-order chi connectivity index (χ1) is 12.2. The van der Waals surface area contributed by atoms with Crippen LogP contribution in [0.2, 0.25) is 0 Å². The molecule has 5 heteroatoms. The number of hydrogen-bond acceptors (Lipinski definition) is 3. The highest BCUT2D eigenvalue weighted by Gasteiger charge is 2.51. The number of nitrogens with two attached hydrogens (primary N) is 1. The Morgan fingerprint density at radius 2 is 1.96 bits per heavy atom. The van der Waals surface area contributed by atoms with E-state index in [0.717, 1.165) is 24.8 Å². The maximum Gasteiger partial charge on any atom is 0.226 e. The molecule has 2 fully saturated rings. The Hall–Kier alpha value is -2.17. The van der Waals surface area contributed by atoms with Gasteiger partial charge in [0.1, 0.15) is 5.82 Å². The van der Waals surface area contributed by atoms with Crippen LogP contribution >= 0.6 is 0 Å². The van der Waals surface area contributed by atoms with Crippen molar-refractivity contribution in [2.24, 2.45) is 22.5 Å². The van der Waals surface area contributed by atoms with Crippen LogP contribution in [-0.2, 0) is 9.59 Å². The summed E-state index contributed by atoms with van der Waals surface area (Å²) < 4.78 is 13.1. The van der Waals surface area contributed by atoms with E-state index in [-0.39, 0.29) is 34.8 Å². The zero-order valence-corrected chi connectivity index (χ0v) is 15.3. The molecule has 1 aliphatic heterocycles. The van der Waals surface area contributed by atoms with E-state index in [1.165, 1.54) is 12.1 Å². The lowest BCUT2D eigenvalue weighted by atomic mass is 9.65. The Bertz CT molecular complexity index is 799. The van der Waals surface area contributed by atoms with Gasteiger partial charge in [-0.2, -0.15) is 0 Å². The lowest BCUT2D eigenvalue weighted by molar-refractivity contribution is -0.132. The summed E-state index contributed by atoms with van der Waals surface area (Å²) in [4.78, 5) is 27.1. The standard InChI is InChI=1S/C21H25FN2O2/c1-20(2)11-21(10-17(23)18(20)25)7-8-24(12-21)19(26)16-9-15(16)13-3-5-14(22)6-4-13/h3-6,10,15-16H,7-9,11-12,23H2,1-2H3/t15?,16?,21-/m0/s1. The van der Waals surface area contributed by atoms with Crippen LogP contribution in [0.5, 0.6) is 0 Å². The Kier molecular flexibility index (Phi) is 3.76. The van der Waals surface area contributed by atoms with E-state index in [1.54, 1.807) is 12.1 Å². The minimum Gasteiger partial charge on any atom is -0.396 e. The van der Waals surface area contributed by atoms with Gasteiger partial charge in [0.05, 0.1) is 5.70 Å². The molecule has 4 rings (SSSR count). The number of rotatable bonds is 2. The number of likely N-dealkylation sites (tertiary alicyclic amines) is 1. The molecule has 1 heterocycles. The zero-order valence-electron chi connectivity index (χ0n) is 15.3. The second-order valence-corrected chi connectivity index (χ2v) is 8.86. The number of ketones is 1. The summed E-state index contributed by atoms with van der Waals surface area (Å²) in [6.07, 6.45) is 4.31. The molecular weight excluding hydrogens is 331 g/mol. The number of allylic oxidation sites excluding steroid dienone is 1. The first-order valence-corrected chi connectivity index (χ1v) is 9.28. The van der Waals surface area contributed by atoms with Crippen molar-refractivity contribution in [3.8, 4) is 0 Å². The normalized spacial score (nSPS) is 32.7. The lowest BCUT2D eigenvalue weighted by Crippen LogP contribution is -2.42. The lowest BCUT2D eigenvalue weighted by Gasteiger charge is -2.39. The van der Waals surface area contributed by atoms with Gasteiger partial charge in [0.25, 0.3) is 0 Å². The number of hydrogen-bond donors (Lipinski definition) is 1. The van der Waals surface area contributed by atoms with E-state index in [2.05, 4.69) is 0 Å². The van der Waals surface area contributed by atoms with Gasteiger partial charge in [-0.05, 0) is 49.0 Å². The third-order valence-corrected chi connectivity index (χ3v) is 6.24. The van der Waals surface area contributed by atoms with E-state index in [4.69, 9.17) is 5.73 Å². The third-order valence-electron chi connectivity index (χ3n) is 6.24. The topological polar surface area (TPSA) is 63.4 Å². The summed E-state index contributed by atoms with van der Waals surface area (Å²) in [5.41, 5.74) is 6.70. The van der Waals surface area contributed by atoms with Crippen LogP contribution < -0.4 is 5.73 Å². The van der Waals surface area contributed by atoms with Gasteiger partial charge in [-0.15, -0.1) is 0 Å². The average molecular weight is 356 g/mol. The van der Waals surface area contributed by atoms with Gasteiger partial charge in [0, 0.05) is 29.8 Å². The largest absolute Gasteiger partial charge is 0.396 e. The van der Waals surface area contributed by atoms with Crippen molar-refractivity contribution in [1.82, 2.24) is 4.90 Å². The van der Waals surface area contributed by atoms with E-state index in [1.807, 2.05) is 24.8 Å². The SMILES string of the molecule is CC1(C)C[C@@]2(C=C(N)C1=O)CCN(C(=O)C1CC1c1ccc(F)cc1)C2. The first-order valence-electron chi connectivity index (χ1n) is 9.28. The van der Waals surface area contributed by atoms with E-state index >= 15 is 0 Å². The number of nitrogens with zero attached hydrogens (tertiary/aromatic N) is 1. The summed E-state index contributed by atoms with van der Waals surface area (Å²) in [5, 5.41) is 0. The van der Waals surface area contributed by atoms with Crippen LogP contribution in [0, 0.1) is 22.6 Å². The summed E-state index contributed by atoms with van der Waals surface area (Å²) in [5.74, 6) is 0.127. The minimum absolute atomic E-state index is 0.00447. The summed E-state index contributed by atoms with van der Waals surface area (Å²) >= 11 is 0. The number of halogens is 1. The molecule has 3 aliphatic rings. The Labute approximate surface area is 153 Å². The van der Waals surface area contributed by atoms with E-state index in [0.29, 0.717) is 18.8 Å². The highest BCUT2D eigenvalue weighted by Crippen LogP contribution is 2.51. The minimum atomic E-state index is -0.478. The van der Waals surface area contributed by atoms with Crippen molar-refractivity contribution in [3.05, 3.63) is 47.4 Å². The Morgan fingerprint density at radius 1 is 1.27 bits per heavy atom. The summed E-state index contributed by atoms with van der Waals surface area (Å²) in [6, 6.07) is 6.46. The molecule has 1 aromatic carbocycles. The Morgan fingerprint density at radius 3 is 2.62 bits per heavy atom. The molecule has 1 spiro atoms. The third kappa shape index (κ3) is 2.83. The quantitative estimate of drug-likeness (QED) is 0.886. The maximum atomic E-state index is 13.1. The van der Waals surface area contributed by atoms with Gasteiger partial charge in [-0.3, -0.25) is 9.59 Å². The summed E-state index contributed by atoms with van der Waals surface area (Å²) in [6.45, 7) is 5.22. The smallest absolute Gasteiger partial charge is 0.226 e. The average Bonchev–Trinajstić information content (AvgIpc) is 3.28. The van der Waals surface area contributed by atoms with Gasteiger partial charge in [-0.1, -0.05) is 26.0 Å². The molecule has 0 aromatic heterocycles. The fourth-order valence-corrected chi connectivity index (χ4v) is 4.92. The van der Waals surface area contributed by atoms with Gasteiger partial charge >= 0.3 is 0 Å². The molecule has 1 amide bonds. The number of carbonyl (C=O) groups is 2. The zero-order chi connectivity index (χ0) is 18.7. The molecule has 1 aromatic rings. The predicted molar refractivity (Wildman–Crippen MR) is 96.6 cm³/mol. The van der Waals surface area contributed by atoms with Crippen LogP contribution in [0.3, 0.4) is 0 Å². The molecule has 1 saturated heterocycles. The Balaban J connectivity index is 1.46. The van der Waals surface area contributed by atoms with Crippen molar-refractivity contribution in [1.29, 1.82) is 0 Å². The first kappa shape index (κ1) is 17.3. The molecule has 1 saturated carbocycles. The van der Waals surface area contributed by atoms with Crippen LogP contribution in [0.1, 0.15) is 44.6 Å². The molecular formula is C21H25FN2O2. The van der Waals surface area contributed by atoms with E-state index < -0.39 is 5.41 Å². The van der Waals surface area contributed by atoms with Crippen molar-refractivity contribution < 1.29 is 14.0 Å². The molecule has 3 atom stereocenters. The predicted octanol–water partition coefficient (Wildman–Crippen LogP) is 2.99. The number of carbonyl (C=O) groups excluding carboxylic acids is 2. The highest BCUT2D eigenvalue weighted by molar-refractivity contribution is 5.99. The van der Waals surface area contributed by atoms with Gasteiger partial charge < -0.3 is 10.6 Å². The van der Waals surface area contributed by atoms with Crippen LogP contribution in [0.15, 0.2) is 36.0 Å². The van der Waals surface area contributed by atoms with Crippen LogP contribution in [0.4, 0.5) is 4.39 Å². The summed E-state index contributed by atoms with van der Waals surface area (Å²) in [7, 11) is 0. The second-order valence-electron chi connectivity index (χ2n) is 8.86. The fraction of sp³-hybridized carbons (Fsp3) is 0.524.